The van der Waals surface area contributed by atoms with Gasteiger partial charge < -0.3 is 10.1 Å². The maximum atomic E-state index is 12.4. The Morgan fingerprint density at radius 3 is 2.30 bits per heavy atom. The van der Waals surface area contributed by atoms with Crippen LogP contribution in [-0.4, -0.2) is 30.4 Å². The van der Waals surface area contributed by atoms with E-state index in [1.165, 1.54) is 36.7 Å². The van der Waals surface area contributed by atoms with Crippen molar-refractivity contribution in [3.8, 4) is 11.8 Å². The SMILES string of the molecule is C[C@@H](Oc1ccc(C#N)cc1)C(=O)Nc1ccc(S(=O)(=O)Nc2ncccn2)cc1. The van der Waals surface area contributed by atoms with Gasteiger partial charge in [-0.25, -0.2) is 23.1 Å². The van der Waals surface area contributed by atoms with Gasteiger partial charge in [0.25, 0.3) is 15.9 Å². The van der Waals surface area contributed by atoms with Crippen LogP contribution in [-0.2, 0) is 14.8 Å². The number of hydrogen-bond acceptors (Lipinski definition) is 7. The van der Waals surface area contributed by atoms with Gasteiger partial charge in [0.2, 0.25) is 5.95 Å². The Morgan fingerprint density at radius 2 is 1.70 bits per heavy atom. The average molecular weight is 423 g/mol. The summed E-state index contributed by atoms with van der Waals surface area (Å²) in [4.78, 5) is 20.0. The van der Waals surface area contributed by atoms with Crippen LogP contribution in [0.4, 0.5) is 11.6 Å². The van der Waals surface area contributed by atoms with Crippen LogP contribution in [0.3, 0.4) is 0 Å². The Bertz CT molecular complexity index is 1160. The molecule has 0 aliphatic rings. The molecule has 1 amide bonds. The molecule has 0 radical (unpaired) electrons. The lowest BCUT2D eigenvalue weighted by Crippen LogP contribution is -2.30. The molecule has 3 aromatic rings. The molecule has 0 aliphatic heterocycles. The average Bonchev–Trinajstić information content (AvgIpc) is 2.75. The summed E-state index contributed by atoms with van der Waals surface area (Å²) in [6.07, 6.45) is 2.04. The number of nitrogens with one attached hydrogen (secondary N) is 2. The van der Waals surface area contributed by atoms with Crippen molar-refractivity contribution < 1.29 is 17.9 Å². The van der Waals surface area contributed by atoms with Crippen molar-refractivity contribution in [1.29, 1.82) is 5.26 Å². The summed E-state index contributed by atoms with van der Waals surface area (Å²) < 4.78 is 32.6. The number of benzene rings is 2. The van der Waals surface area contributed by atoms with E-state index >= 15 is 0 Å². The quantitative estimate of drug-likeness (QED) is 0.596. The van der Waals surface area contributed by atoms with E-state index in [4.69, 9.17) is 10.00 Å². The molecule has 0 fully saturated rings. The minimum Gasteiger partial charge on any atom is -0.481 e. The van der Waals surface area contributed by atoms with Gasteiger partial charge in [0.05, 0.1) is 16.5 Å². The number of nitriles is 1. The van der Waals surface area contributed by atoms with Gasteiger partial charge in [0.15, 0.2) is 6.10 Å². The van der Waals surface area contributed by atoms with Crippen molar-refractivity contribution in [3.05, 3.63) is 72.6 Å². The largest absolute Gasteiger partial charge is 0.481 e. The van der Waals surface area contributed by atoms with E-state index in [2.05, 4.69) is 20.0 Å². The van der Waals surface area contributed by atoms with Crippen molar-refractivity contribution in [2.75, 3.05) is 10.0 Å². The number of aromatic nitrogens is 2. The zero-order chi connectivity index (χ0) is 21.6. The number of sulfonamides is 1. The van der Waals surface area contributed by atoms with Crippen LogP contribution in [0.5, 0.6) is 5.75 Å². The topological polar surface area (TPSA) is 134 Å². The first-order valence-electron chi connectivity index (χ1n) is 8.75. The number of hydrogen-bond donors (Lipinski definition) is 2. The predicted octanol–water partition coefficient (Wildman–Crippen LogP) is 2.56. The lowest BCUT2D eigenvalue weighted by Gasteiger charge is -2.15. The molecule has 1 aromatic heterocycles. The summed E-state index contributed by atoms with van der Waals surface area (Å²) in [5.74, 6) is 0.00160. The van der Waals surface area contributed by atoms with Crippen molar-refractivity contribution in [2.45, 2.75) is 17.9 Å². The van der Waals surface area contributed by atoms with E-state index in [1.54, 1.807) is 37.3 Å². The van der Waals surface area contributed by atoms with Gasteiger partial charge >= 0.3 is 0 Å². The van der Waals surface area contributed by atoms with Gasteiger partial charge in [-0.3, -0.25) is 4.79 Å². The number of anilines is 2. The first-order chi connectivity index (χ1) is 14.4. The van der Waals surface area contributed by atoms with Crippen LogP contribution in [0.25, 0.3) is 0 Å². The van der Waals surface area contributed by atoms with Gasteiger partial charge in [-0.05, 0) is 61.5 Å². The molecule has 2 aromatic carbocycles. The third kappa shape index (κ3) is 5.30. The van der Waals surface area contributed by atoms with Crippen molar-refractivity contribution in [3.63, 3.8) is 0 Å². The number of amides is 1. The monoisotopic (exact) mass is 423 g/mol. The van der Waals surface area contributed by atoms with Crippen LogP contribution in [0.2, 0.25) is 0 Å². The summed E-state index contributed by atoms with van der Waals surface area (Å²) in [5.41, 5.74) is 0.896. The van der Waals surface area contributed by atoms with E-state index in [1.807, 2.05) is 6.07 Å². The Balaban J connectivity index is 1.61. The molecular formula is C20H17N5O4S. The zero-order valence-electron chi connectivity index (χ0n) is 15.8. The predicted molar refractivity (Wildman–Crippen MR) is 109 cm³/mol. The van der Waals surface area contributed by atoms with Crippen LogP contribution in [0, 0.1) is 11.3 Å². The molecule has 0 saturated heterocycles. The van der Waals surface area contributed by atoms with E-state index in [9.17, 15) is 13.2 Å². The second-order valence-corrected chi connectivity index (χ2v) is 7.77. The summed E-state index contributed by atoms with van der Waals surface area (Å²) in [5, 5.41) is 11.5. The number of rotatable bonds is 7. The molecule has 9 nitrogen and oxygen atoms in total. The summed E-state index contributed by atoms with van der Waals surface area (Å²) in [6, 6.07) is 15.6. The Kier molecular flexibility index (Phi) is 6.24. The Hall–Kier alpha value is -3.97. The fourth-order valence-electron chi connectivity index (χ4n) is 2.36. The zero-order valence-corrected chi connectivity index (χ0v) is 16.6. The summed E-state index contributed by atoms with van der Waals surface area (Å²) in [7, 11) is -3.86. The molecule has 1 heterocycles. The summed E-state index contributed by atoms with van der Waals surface area (Å²) >= 11 is 0. The minimum atomic E-state index is -3.86. The van der Waals surface area contributed by atoms with Crippen LogP contribution < -0.4 is 14.8 Å². The Morgan fingerprint density at radius 1 is 1.07 bits per heavy atom. The normalized spacial score (nSPS) is 11.7. The number of nitrogens with zero attached hydrogens (tertiary/aromatic N) is 3. The third-order valence-electron chi connectivity index (χ3n) is 3.89. The van der Waals surface area contributed by atoms with Crippen molar-refractivity contribution in [2.24, 2.45) is 0 Å². The van der Waals surface area contributed by atoms with Crippen molar-refractivity contribution >= 4 is 27.6 Å². The molecule has 0 bridgehead atoms. The highest BCUT2D eigenvalue weighted by molar-refractivity contribution is 7.92. The summed E-state index contributed by atoms with van der Waals surface area (Å²) in [6.45, 7) is 1.58. The molecule has 0 unspecified atom stereocenters. The standard InChI is InChI=1S/C20H17N5O4S/c1-14(29-17-7-3-15(13-21)4-8-17)19(26)24-16-5-9-18(10-6-16)30(27,28)25-20-22-11-2-12-23-20/h2-12,14H,1H3,(H,24,26)(H,22,23,25)/t14-/m1/s1. The molecule has 3 rings (SSSR count). The lowest BCUT2D eigenvalue weighted by atomic mass is 10.2. The maximum Gasteiger partial charge on any atom is 0.265 e. The highest BCUT2D eigenvalue weighted by Crippen LogP contribution is 2.18. The lowest BCUT2D eigenvalue weighted by molar-refractivity contribution is -0.122. The van der Waals surface area contributed by atoms with Gasteiger partial charge in [0, 0.05) is 18.1 Å². The molecule has 10 heteroatoms. The molecule has 2 N–H and O–H groups in total. The van der Waals surface area contributed by atoms with Gasteiger partial charge in [-0.15, -0.1) is 0 Å². The molecule has 30 heavy (non-hydrogen) atoms. The first-order valence-corrected chi connectivity index (χ1v) is 10.2. The van der Waals surface area contributed by atoms with E-state index < -0.39 is 22.0 Å². The Labute approximate surface area is 173 Å². The van der Waals surface area contributed by atoms with Crippen LogP contribution in [0.15, 0.2) is 71.9 Å². The first kappa shape index (κ1) is 20.8. The van der Waals surface area contributed by atoms with E-state index in [-0.39, 0.29) is 10.8 Å². The highest BCUT2D eigenvalue weighted by Gasteiger charge is 2.17. The molecule has 1 atom stereocenters. The second kappa shape index (κ2) is 9.02. The van der Waals surface area contributed by atoms with Gasteiger partial charge in [0.1, 0.15) is 5.75 Å². The number of ether oxygens (including phenoxy) is 1. The van der Waals surface area contributed by atoms with Crippen molar-refractivity contribution in [1.82, 2.24) is 9.97 Å². The van der Waals surface area contributed by atoms with Crippen LogP contribution in [0.1, 0.15) is 12.5 Å². The molecule has 0 aliphatic carbocycles. The fraction of sp³-hybridized carbons (Fsp3) is 0.100. The highest BCUT2D eigenvalue weighted by atomic mass is 32.2. The smallest absolute Gasteiger partial charge is 0.265 e. The molecule has 0 saturated carbocycles. The van der Waals surface area contributed by atoms with Gasteiger partial charge in [-0.2, -0.15) is 5.26 Å². The maximum absolute atomic E-state index is 12.4. The fourth-order valence-corrected chi connectivity index (χ4v) is 3.32. The molecular weight excluding hydrogens is 406 g/mol. The second-order valence-electron chi connectivity index (χ2n) is 6.09. The minimum absolute atomic E-state index is 0.00478. The molecule has 152 valence electrons. The third-order valence-corrected chi connectivity index (χ3v) is 5.23. The number of carbonyl (C=O) groups is 1. The van der Waals surface area contributed by atoms with Gasteiger partial charge in [-0.1, -0.05) is 0 Å². The molecule has 0 spiro atoms. The van der Waals surface area contributed by atoms with E-state index in [0.29, 0.717) is 17.0 Å². The number of carbonyl (C=O) groups excluding carboxylic acids is 1. The van der Waals surface area contributed by atoms with E-state index in [0.717, 1.165) is 0 Å². The van der Waals surface area contributed by atoms with Crippen LogP contribution >= 0.6 is 0 Å².